The Balaban J connectivity index is 1.32. The molecule has 0 radical (unpaired) electrons. The number of alkyl halides is 1. The van der Waals surface area contributed by atoms with Gasteiger partial charge < -0.3 is 24.0 Å². The summed E-state index contributed by atoms with van der Waals surface area (Å²) in [6.07, 6.45) is 7.59. The molecule has 4 rings (SSSR count). The van der Waals surface area contributed by atoms with Gasteiger partial charge in [-0.3, -0.25) is 19.4 Å². The van der Waals surface area contributed by atoms with Gasteiger partial charge in [-0.25, -0.2) is 9.18 Å². The van der Waals surface area contributed by atoms with Crippen molar-refractivity contribution in [3.05, 3.63) is 48.3 Å². The Morgan fingerprint density at radius 1 is 0.958 bits per heavy atom. The summed E-state index contributed by atoms with van der Waals surface area (Å²) in [4.78, 5) is 59.7. The first-order valence-electron chi connectivity index (χ1n) is 17.0. The molecule has 0 saturated carbocycles. The van der Waals surface area contributed by atoms with Crippen LogP contribution >= 0.6 is 0 Å². The number of rotatable bonds is 13. The van der Waals surface area contributed by atoms with Gasteiger partial charge in [-0.2, -0.15) is 0 Å². The fourth-order valence-corrected chi connectivity index (χ4v) is 6.42. The molecular weight excluding hydrogens is 616 g/mol. The van der Waals surface area contributed by atoms with Gasteiger partial charge in [-0.1, -0.05) is 12.1 Å². The Morgan fingerprint density at radius 2 is 1.69 bits per heavy atom. The molecule has 2 aliphatic heterocycles. The molecule has 10 nitrogen and oxygen atoms in total. The van der Waals surface area contributed by atoms with Gasteiger partial charge in [0.2, 0.25) is 5.91 Å². The van der Waals surface area contributed by atoms with Crippen LogP contribution in [-0.2, 0) is 23.9 Å². The van der Waals surface area contributed by atoms with E-state index >= 15 is 0 Å². The van der Waals surface area contributed by atoms with Crippen LogP contribution in [0.5, 0.6) is 5.75 Å². The van der Waals surface area contributed by atoms with Gasteiger partial charge in [0.05, 0.1) is 13.5 Å². The first kappa shape index (κ1) is 36.8. The third kappa shape index (κ3) is 11.0. The van der Waals surface area contributed by atoms with Crippen LogP contribution in [-0.4, -0.2) is 90.7 Å². The van der Waals surface area contributed by atoms with E-state index in [2.05, 4.69) is 4.98 Å². The highest BCUT2D eigenvalue weighted by Gasteiger charge is 2.32. The number of hydrogen-bond acceptors (Lipinski definition) is 8. The van der Waals surface area contributed by atoms with Crippen molar-refractivity contribution in [2.75, 3.05) is 46.6 Å². The molecule has 0 unspecified atom stereocenters. The van der Waals surface area contributed by atoms with Gasteiger partial charge in [0, 0.05) is 68.8 Å². The minimum Gasteiger partial charge on any atom is -0.491 e. The number of piperidine rings is 2. The van der Waals surface area contributed by atoms with Crippen LogP contribution in [0, 0.1) is 11.8 Å². The SMILES string of the molecule is COC(=O)C[C@H](CC(=O)[C@@H]1CCCN(C(=O)CCC2CCN(C(=O)OC(C)(C)C)CC2)C1)c1cncc(-c2ccc(OCC[18F])cc2)c1. The van der Waals surface area contributed by atoms with E-state index in [4.69, 9.17) is 14.2 Å². The average Bonchev–Trinajstić information content (AvgIpc) is 3.09. The monoisotopic (exact) mass is 666 g/mol. The van der Waals surface area contributed by atoms with Gasteiger partial charge in [0.15, 0.2) is 0 Å². The normalized spacial score (nSPS) is 17.8. The second-order valence-electron chi connectivity index (χ2n) is 13.8. The van der Waals surface area contributed by atoms with Crippen molar-refractivity contribution in [2.45, 2.75) is 83.7 Å². The van der Waals surface area contributed by atoms with E-state index in [9.17, 15) is 23.6 Å². The Labute approximate surface area is 283 Å². The van der Waals surface area contributed by atoms with Gasteiger partial charge in [-0.05, 0) is 88.1 Å². The number of ether oxygens (including phenoxy) is 3. The maximum absolute atomic E-state index is 13.7. The molecule has 0 bridgehead atoms. The number of hydrogen-bond donors (Lipinski definition) is 0. The van der Waals surface area contributed by atoms with Gasteiger partial charge in [-0.15, -0.1) is 0 Å². The molecule has 1 aromatic heterocycles. The Bertz CT molecular complexity index is 1390. The van der Waals surface area contributed by atoms with Gasteiger partial charge >= 0.3 is 12.1 Å². The zero-order valence-electron chi connectivity index (χ0n) is 28.8. The molecule has 262 valence electrons. The Morgan fingerprint density at radius 3 is 2.35 bits per heavy atom. The zero-order valence-corrected chi connectivity index (χ0v) is 28.8. The molecule has 0 N–H and O–H groups in total. The summed E-state index contributed by atoms with van der Waals surface area (Å²) < 4.78 is 28.2. The molecule has 2 aliphatic rings. The number of carbonyl (C=O) groups is 4. The molecule has 2 atom stereocenters. The molecule has 0 aliphatic carbocycles. The van der Waals surface area contributed by atoms with Crippen LogP contribution in [0.4, 0.5) is 9.18 Å². The fraction of sp³-hybridized carbons (Fsp3) is 0.595. The molecule has 2 fully saturated rings. The summed E-state index contributed by atoms with van der Waals surface area (Å²) in [5, 5.41) is 0. The lowest BCUT2D eigenvalue weighted by Gasteiger charge is -2.35. The van der Waals surface area contributed by atoms with Crippen LogP contribution in [0.1, 0.15) is 83.6 Å². The van der Waals surface area contributed by atoms with E-state index in [0.717, 1.165) is 42.4 Å². The highest BCUT2D eigenvalue weighted by atomic mass is 18.2. The van der Waals surface area contributed by atoms with E-state index in [-0.39, 0.29) is 43.2 Å². The third-order valence-electron chi connectivity index (χ3n) is 9.11. The second-order valence-corrected chi connectivity index (χ2v) is 13.8. The number of Topliss-reactive ketones (excluding diaryl/α,β-unsaturated/α-hetero) is 1. The fourth-order valence-electron chi connectivity index (χ4n) is 6.42. The summed E-state index contributed by atoms with van der Waals surface area (Å²) in [5.74, 6) is -0.122. The number of nitrogens with zero attached hydrogens (tertiary/aromatic N) is 3. The number of benzene rings is 1. The summed E-state index contributed by atoms with van der Waals surface area (Å²) in [5.41, 5.74) is 1.92. The molecule has 2 aromatic rings. The summed E-state index contributed by atoms with van der Waals surface area (Å²) in [6, 6.07) is 9.17. The van der Waals surface area contributed by atoms with Crippen molar-refractivity contribution in [1.82, 2.24) is 14.8 Å². The van der Waals surface area contributed by atoms with E-state index < -0.39 is 24.2 Å². The first-order chi connectivity index (χ1) is 23.0. The molecule has 3 heterocycles. The lowest BCUT2D eigenvalue weighted by atomic mass is 9.84. The topological polar surface area (TPSA) is 115 Å². The van der Waals surface area contributed by atoms with E-state index in [1.165, 1.54) is 7.11 Å². The smallest absolute Gasteiger partial charge is 0.410 e. The molecule has 11 heteroatoms. The summed E-state index contributed by atoms with van der Waals surface area (Å²) in [6.45, 7) is 7.27. The number of ketones is 1. The number of esters is 1. The van der Waals surface area contributed by atoms with Crippen LogP contribution < -0.4 is 4.74 Å². The third-order valence-corrected chi connectivity index (χ3v) is 9.11. The van der Waals surface area contributed by atoms with Crippen molar-refractivity contribution < 1.29 is 37.8 Å². The van der Waals surface area contributed by atoms with Crippen molar-refractivity contribution in [3.63, 3.8) is 0 Å². The average molecular weight is 667 g/mol. The van der Waals surface area contributed by atoms with Crippen molar-refractivity contribution in [1.29, 1.82) is 0 Å². The maximum atomic E-state index is 13.7. The number of amides is 2. The summed E-state index contributed by atoms with van der Waals surface area (Å²) >= 11 is 0. The molecule has 48 heavy (non-hydrogen) atoms. The van der Waals surface area contributed by atoms with Crippen LogP contribution in [0.2, 0.25) is 0 Å². The quantitative estimate of drug-likeness (QED) is 0.227. The number of methoxy groups -OCH3 is 1. The second kappa shape index (κ2) is 17.4. The zero-order chi connectivity index (χ0) is 34.7. The van der Waals surface area contributed by atoms with Crippen LogP contribution in [0.3, 0.4) is 0 Å². The molecule has 2 saturated heterocycles. The Kier molecular flexibility index (Phi) is 13.3. The van der Waals surface area contributed by atoms with Crippen molar-refractivity contribution in [3.8, 4) is 16.9 Å². The maximum Gasteiger partial charge on any atom is 0.410 e. The largest absolute Gasteiger partial charge is 0.491 e. The predicted molar refractivity (Wildman–Crippen MR) is 179 cm³/mol. The standard InChI is InChI=1S/C37H50FN3O7/c1-37(2,3)48-36(45)40-17-13-26(14-18-40)7-12-34(43)41-16-5-6-28(25-41)33(42)21-29(22-35(44)46-4)31-20-30(23-39-24-31)27-8-10-32(11-9-27)47-19-15-38/h8-11,20,23-24,26,28-29H,5-7,12-19,21-22,25H2,1-4H3/t28-,29+/m1/s1/i38-1. The van der Waals surface area contributed by atoms with Crippen molar-refractivity contribution in [2.24, 2.45) is 11.8 Å². The predicted octanol–water partition coefficient (Wildman–Crippen LogP) is 6.37. The molecule has 0 spiro atoms. The molecular formula is C37H50FN3O7. The lowest BCUT2D eigenvalue weighted by molar-refractivity contribution is -0.141. The van der Waals surface area contributed by atoms with Gasteiger partial charge in [0.1, 0.15) is 30.4 Å². The number of carbonyl (C=O) groups excluding carboxylic acids is 4. The van der Waals surface area contributed by atoms with Gasteiger partial charge in [0.25, 0.3) is 0 Å². The summed E-state index contributed by atoms with van der Waals surface area (Å²) in [7, 11) is 1.33. The highest BCUT2D eigenvalue weighted by Crippen LogP contribution is 2.32. The number of aromatic nitrogens is 1. The van der Waals surface area contributed by atoms with Crippen LogP contribution in [0.15, 0.2) is 42.7 Å². The molecule has 2 amide bonds. The number of likely N-dealkylation sites (tertiary alicyclic amines) is 2. The first-order valence-corrected chi connectivity index (χ1v) is 17.0. The minimum absolute atomic E-state index is 0.00924. The highest BCUT2D eigenvalue weighted by molar-refractivity contribution is 5.84. The number of halogens is 1. The Hall–Kier alpha value is -4.02. The van der Waals surface area contributed by atoms with E-state index in [0.29, 0.717) is 50.7 Å². The van der Waals surface area contributed by atoms with Crippen LogP contribution in [0.25, 0.3) is 11.1 Å². The molecule has 1 aromatic carbocycles. The van der Waals surface area contributed by atoms with E-state index in [1.54, 1.807) is 29.4 Å². The van der Waals surface area contributed by atoms with E-state index in [1.807, 2.05) is 43.9 Å². The lowest BCUT2D eigenvalue weighted by Crippen LogP contribution is -2.43. The number of pyridine rings is 1. The van der Waals surface area contributed by atoms with Crippen molar-refractivity contribution >= 4 is 23.8 Å². The minimum atomic E-state index is -0.567.